The fourth-order valence-corrected chi connectivity index (χ4v) is 4.32. The Hall–Kier alpha value is -1.11. The van der Waals surface area contributed by atoms with E-state index in [0.29, 0.717) is 23.7 Å². The van der Waals surface area contributed by atoms with Crippen LogP contribution >= 0.6 is 0 Å². The lowest BCUT2D eigenvalue weighted by Crippen LogP contribution is -2.38. The lowest BCUT2D eigenvalue weighted by Gasteiger charge is -2.31. The molecule has 1 heterocycles. The number of nitrogens with one attached hydrogen (secondary N) is 1. The molecule has 1 aliphatic heterocycles. The predicted molar refractivity (Wildman–Crippen MR) is 85.6 cm³/mol. The Kier molecular flexibility index (Phi) is 5.24. The van der Waals surface area contributed by atoms with Gasteiger partial charge in [-0.15, -0.1) is 0 Å². The molecule has 0 aliphatic carbocycles. The Bertz CT molecular complexity index is 558. The summed E-state index contributed by atoms with van der Waals surface area (Å²) in [5.74, 6) is 0.410. The second kappa shape index (κ2) is 6.77. The molecule has 6 heteroatoms. The van der Waals surface area contributed by atoms with Crippen LogP contribution in [0.25, 0.3) is 0 Å². The van der Waals surface area contributed by atoms with Crippen LogP contribution in [0.15, 0.2) is 23.1 Å². The minimum absolute atomic E-state index is 0.219. The quantitative estimate of drug-likeness (QED) is 0.810. The van der Waals surface area contributed by atoms with Gasteiger partial charge in [0.2, 0.25) is 10.0 Å². The molecule has 0 radical (unpaired) electrons. The van der Waals surface area contributed by atoms with Crippen molar-refractivity contribution < 1.29 is 8.42 Å². The predicted octanol–water partition coefficient (Wildman–Crippen LogP) is 1.59. The van der Waals surface area contributed by atoms with E-state index in [2.05, 4.69) is 16.5 Å². The number of benzene rings is 1. The van der Waals surface area contributed by atoms with Crippen LogP contribution in [-0.2, 0) is 10.0 Å². The van der Waals surface area contributed by atoms with Crippen molar-refractivity contribution in [2.24, 2.45) is 5.92 Å². The molecule has 1 fully saturated rings. The standard InChI is InChI=1S/C15H25N3O2S/c1-3-18-9-7-13(8-10-18)11-17-21(19,20)15-12(2)5-4-6-14(15)16/h4-6,13,17H,3,7-11,16H2,1-2H3. The molecule has 0 amide bonds. The summed E-state index contributed by atoms with van der Waals surface area (Å²) >= 11 is 0. The van der Waals surface area contributed by atoms with Gasteiger partial charge in [-0.05, 0) is 56.9 Å². The lowest BCUT2D eigenvalue weighted by atomic mass is 9.97. The van der Waals surface area contributed by atoms with Gasteiger partial charge in [0.05, 0.1) is 5.69 Å². The fraction of sp³-hybridized carbons (Fsp3) is 0.600. The molecule has 3 N–H and O–H groups in total. The number of nitrogens with two attached hydrogens (primary N) is 1. The Morgan fingerprint density at radius 3 is 2.57 bits per heavy atom. The van der Waals surface area contributed by atoms with Gasteiger partial charge in [-0.3, -0.25) is 0 Å². The normalized spacial score (nSPS) is 18.0. The van der Waals surface area contributed by atoms with Crippen molar-refractivity contribution in [3.63, 3.8) is 0 Å². The van der Waals surface area contributed by atoms with Gasteiger partial charge in [0, 0.05) is 6.54 Å². The monoisotopic (exact) mass is 311 g/mol. The van der Waals surface area contributed by atoms with Crippen molar-refractivity contribution in [2.75, 3.05) is 31.9 Å². The molecule has 0 aromatic heterocycles. The van der Waals surface area contributed by atoms with Crippen LogP contribution < -0.4 is 10.5 Å². The van der Waals surface area contributed by atoms with Crippen LogP contribution in [0.3, 0.4) is 0 Å². The van der Waals surface area contributed by atoms with Gasteiger partial charge < -0.3 is 10.6 Å². The van der Waals surface area contributed by atoms with Gasteiger partial charge in [-0.25, -0.2) is 13.1 Å². The summed E-state index contributed by atoms with van der Waals surface area (Å²) in [6.07, 6.45) is 2.08. The molecular weight excluding hydrogens is 286 g/mol. The Morgan fingerprint density at radius 2 is 2.00 bits per heavy atom. The van der Waals surface area contributed by atoms with E-state index in [1.165, 1.54) is 0 Å². The minimum Gasteiger partial charge on any atom is -0.398 e. The number of anilines is 1. The van der Waals surface area contributed by atoms with Crippen molar-refractivity contribution in [1.29, 1.82) is 0 Å². The average Bonchev–Trinajstić information content (AvgIpc) is 2.45. The van der Waals surface area contributed by atoms with Crippen LogP contribution in [0.1, 0.15) is 25.3 Å². The Morgan fingerprint density at radius 1 is 1.33 bits per heavy atom. The van der Waals surface area contributed by atoms with E-state index >= 15 is 0 Å². The van der Waals surface area contributed by atoms with E-state index in [-0.39, 0.29) is 4.90 Å². The Balaban J connectivity index is 1.99. The highest BCUT2D eigenvalue weighted by molar-refractivity contribution is 7.89. The minimum atomic E-state index is -3.53. The summed E-state index contributed by atoms with van der Waals surface area (Å²) < 4.78 is 27.6. The SMILES string of the molecule is CCN1CCC(CNS(=O)(=O)c2c(C)cccc2N)CC1. The third-order valence-electron chi connectivity index (χ3n) is 4.23. The molecule has 1 aromatic carbocycles. The van der Waals surface area contributed by atoms with E-state index in [1.807, 2.05) is 0 Å². The van der Waals surface area contributed by atoms with Gasteiger partial charge in [0.25, 0.3) is 0 Å². The zero-order valence-electron chi connectivity index (χ0n) is 12.8. The van der Waals surface area contributed by atoms with Gasteiger partial charge >= 0.3 is 0 Å². The number of hydrogen-bond acceptors (Lipinski definition) is 4. The summed E-state index contributed by atoms with van der Waals surface area (Å²) in [5.41, 5.74) is 6.82. The number of piperidine rings is 1. The van der Waals surface area contributed by atoms with Crippen molar-refractivity contribution in [3.05, 3.63) is 23.8 Å². The smallest absolute Gasteiger partial charge is 0.242 e. The van der Waals surface area contributed by atoms with Gasteiger partial charge in [0.1, 0.15) is 4.90 Å². The number of likely N-dealkylation sites (tertiary alicyclic amines) is 1. The van der Waals surface area contributed by atoms with Crippen molar-refractivity contribution in [2.45, 2.75) is 31.6 Å². The maximum Gasteiger partial charge on any atom is 0.242 e. The molecule has 0 spiro atoms. The molecule has 1 saturated heterocycles. The number of rotatable bonds is 5. The van der Waals surface area contributed by atoms with Crippen molar-refractivity contribution >= 4 is 15.7 Å². The summed E-state index contributed by atoms with van der Waals surface area (Å²) in [4.78, 5) is 2.61. The second-order valence-corrected chi connectivity index (χ2v) is 7.43. The topological polar surface area (TPSA) is 75.4 Å². The molecule has 118 valence electrons. The van der Waals surface area contributed by atoms with E-state index in [4.69, 9.17) is 5.73 Å². The molecule has 0 atom stereocenters. The first-order valence-electron chi connectivity index (χ1n) is 7.51. The fourth-order valence-electron chi connectivity index (χ4n) is 2.85. The highest BCUT2D eigenvalue weighted by atomic mass is 32.2. The van der Waals surface area contributed by atoms with E-state index in [9.17, 15) is 8.42 Å². The highest BCUT2D eigenvalue weighted by Gasteiger charge is 2.23. The third kappa shape index (κ3) is 3.96. The van der Waals surface area contributed by atoms with Gasteiger partial charge in [0.15, 0.2) is 0 Å². The van der Waals surface area contributed by atoms with E-state index < -0.39 is 10.0 Å². The zero-order valence-corrected chi connectivity index (χ0v) is 13.6. The summed E-state index contributed by atoms with van der Waals surface area (Å²) in [5, 5.41) is 0. The summed E-state index contributed by atoms with van der Waals surface area (Å²) in [6, 6.07) is 5.16. The van der Waals surface area contributed by atoms with E-state index in [0.717, 1.165) is 32.5 Å². The molecule has 0 bridgehead atoms. The van der Waals surface area contributed by atoms with Crippen LogP contribution in [-0.4, -0.2) is 39.5 Å². The molecule has 21 heavy (non-hydrogen) atoms. The maximum atomic E-state index is 12.4. The van der Waals surface area contributed by atoms with Crippen LogP contribution in [0, 0.1) is 12.8 Å². The van der Waals surface area contributed by atoms with Gasteiger partial charge in [-0.2, -0.15) is 0 Å². The Labute approximate surface area is 127 Å². The molecule has 1 aliphatic rings. The zero-order chi connectivity index (χ0) is 15.5. The van der Waals surface area contributed by atoms with Crippen LogP contribution in [0.5, 0.6) is 0 Å². The number of aryl methyl sites for hydroxylation is 1. The summed E-state index contributed by atoms with van der Waals surface area (Å²) in [7, 11) is -3.53. The first-order chi connectivity index (χ1) is 9.94. The number of nitrogen functional groups attached to an aromatic ring is 1. The van der Waals surface area contributed by atoms with E-state index in [1.54, 1.807) is 25.1 Å². The number of hydrogen-bond donors (Lipinski definition) is 2. The van der Waals surface area contributed by atoms with Crippen molar-refractivity contribution in [3.8, 4) is 0 Å². The number of sulfonamides is 1. The van der Waals surface area contributed by atoms with Crippen molar-refractivity contribution in [1.82, 2.24) is 9.62 Å². The first kappa shape index (κ1) is 16.3. The second-order valence-electron chi connectivity index (χ2n) is 5.72. The average molecular weight is 311 g/mol. The first-order valence-corrected chi connectivity index (χ1v) is 8.99. The molecule has 2 rings (SSSR count). The number of nitrogens with zero attached hydrogens (tertiary/aromatic N) is 1. The van der Waals surface area contributed by atoms with Gasteiger partial charge in [-0.1, -0.05) is 19.1 Å². The maximum absolute atomic E-state index is 12.4. The summed E-state index contributed by atoms with van der Waals surface area (Å²) in [6.45, 7) is 7.59. The molecule has 1 aromatic rings. The van der Waals surface area contributed by atoms with Crippen LogP contribution in [0.2, 0.25) is 0 Å². The van der Waals surface area contributed by atoms with Crippen LogP contribution in [0.4, 0.5) is 5.69 Å². The lowest BCUT2D eigenvalue weighted by molar-refractivity contribution is 0.194. The highest BCUT2D eigenvalue weighted by Crippen LogP contribution is 2.23. The molecule has 5 nitrogen and oxygen atoms in total. The molecule has 0 saturated carbocycles. The molecule has 0 unspecified atom stereocenters. The largest absolute Gasteiger partial charge is 0.398 e. The molecular formula is C15H25N3O2S. The third-order valence-corrected chi connectivity index (χ3v) is 5.87.